The molecule has 102 valence electrons. The molecule has 1 fully saturated rings. The quantitative estimate of drug-likeness (QED) is 0.808. The summed E-state index contributed by atoms with van der Waals surface area (Å²) in [4.78, 5) is 26.1. The smallest absolute Gasteiger partial charge is 0.255 e. The highest BCUT2D eigenvalue weighted by Gasteiger charge is 2.28. The van der Waals surface area contributed by atoms with Crippen LogP contribution in [0.1, 0.15) is 23.2 Å². The molecule has 1 saturated heterocycles. The molecule has 1 aromatic rings. The molecule has 0 aromatic heterocycles. The van der Waals surface area contributed by atoms with E-state index in [1.54, 1.807) is 17.0 Å². The Morgan fingerprint density at radius 1 is 1.42 bits per heavy atom. The number of thiol groups is 1. The number of hydrogen-bond donors (Lipinski definition) is 2. The molecule has 1 aromatic carbocycles. The molecule has 2 N–H and O–H groups in total. The number of hydrogen-bond acceptors (Lipinski definition) is 3. The Labute approximate surface area is 125 Å². The summed E-state index contributed by atoms with van der Waals surface area (Å²) in [7, 11) is 0. The van der Waals surface area contributed by atoms with Gasteiger partial charge in [0.05, 0.1) is 11.5 Å². The Morgan fingerprint density at radius 2 is 2.16 bits per heavy atom. The number of rotatable bonds is 2. The van der Waals surface area contributed by atoms with Crippen LogP contribution in [0.3, 0.4) is 0 Å². The van der Waals surface area contributed by atoms with E-state index >= 15 is 0 Å². The predicted octanol–water partition coefficient (Wildman–Crippen LogP) is 2.08. The zero-order valence-corrected chi connectivity index (χ0v) is 12.8. The van der Waals surface area contributed by atoms with Crippen molar-refractivity contribution in [1.82, 2.24) is 4.90 Å². The zero-order chi connectivity index (χ0) is 14.0. The third kappa shape index (κ3) is 3.30. The van der Waals surface area contributed by atoms with E-state index in [2.05, 4.69) is 28.6 Å². The standard InChI is InChI=1S/C13H15BrN2O2S/c14-11-4-3-9(19)6-10(11)13(18)16-5-1-2-8(7-16)12(15)17/h3-4,6,8,19H,1-2,5,7H2,(H2,15,17). The lowest BCUT2D eigenvalue weighted by Crippen LogP contribution is -2.44. The summed E-state index contributed by atoms with van der Waals surface area (Å²) in [6, 6.07) is 5.33. The van der Waals surface area contributed by atoms with Crippen LogP contribution >= 0.6 is 28.6 Å². The minimum absolute atomic E-state index is 0.0891. The second-order valence-electron chi connectivity index (χ2n) is 4.66. The number of halogens is 1. The van der Waals surface area contributed by atoms with Crippen LogP contribution in [0.4, 0.5) is 0 Å². The number of amides is 2. The van der Waals surface area contributed by atoms with E-state index in [1.807, 2.05) is 6.07 Å². The maximum atomic E-state index is 12.5. The normalized spacial score (nSPS) is 19.3. The average molecular weight is 343 g/mol. The van der Waals surface area contributed by atoms with Crippen molar-refractivity contribution in [3.05, 3.63) is 28.2 Å². The minimum atomic E-state index is -0.334. The van der Waals surface area contributed by atoms with Crippen molar-refractivity contribution in [3.8, 4) is 0 Å². The Morgan fingerprint density at radius 3 is 2.84 bits per heavy atom. The summed E-state index contributed by atoms with van der Waals surface area (Å²) in [5.41, 5.74) is 5.89. The lowest BCUT2D eigenvalue weighted by atomic mass is 9.97. The molecule has 1 aliphatic heterocycles. The van der Waals surface area contributed by atoms with Crippen LogP contribution in [0.2, 0.25) is 0 Å². The average Bonchev–Trinajstić information content (AvgIpc) is 2.41. The first-order chi connectivity index (χ1) is 8.99. The van der Waals surface area contributed by atoms with Crippen molar-refractivity contribution in [2.24, 2.45) is 11.7 Å². The van der Waals surface area contributed by atoms with Gasteiger partial charge in [-0.15, -0.1) is 12.6 Å². The maximum Gasteiger partial charge on any atom is 0.255 e. The zero-order valence-electron chi connectivity index (χ0n) is 10.3. The highest BCUT2D eigenvalue weighted by molar-refractivity contribution is 9.10. The summed E-state index contributed by atoms with van der Waals surface area (Å²) in [5.74, 6) is -0.663. The minimum Gasteiger partial charge on any atom is -0.369 e. The van der Waals surface area contributed by atoms with Crippen molar-refractivity contribution in [2.75, 3.05) is 13.1 Å². The van der Waals surface area contributed by atoms with Crippen LogP contribution in [0.5, 0.6) is 0 Å². The number of likely N-dealkylation sites (tertiary alicyclic amines) is 1. The van der Waals surface area contributed by atoms with Gasteiger partial charge in [-0.1, -0.05) is 0 Å². The van der Waals surface area contributed by atoms with Crippen LogP contribution in [-0.2, 0) is 4.79 Å². The Hall–Kier alpha value is -1.01. The largest absolute Gasteiger partial charge is 0.369 e. The van der Waals surface area contributed by atoms with Crippen molar-refractivity contribution >= 4 is 40.4 Å². The third-order valence-corrected chi connectivity index (χ3v) is 4.26. The highest BCUT2D eigenvalue weighted by Crippen LogP contribution is 2.24. The molecule has 1 heterocycles. The topological polar surface area (TPSA) is 63.4 Å². The fourth-order valence-corrected chi connectivity index (χ4v) is 2.86. The van der Waals surface area contributed by atoms with E-state index in [1.165, 1.54) is 0 Å². The third-order valence-electron chi connectivity index (χ3n) is 3.29. The second kappa shape index (κ2) is 5.96. The Bertz CT molecular complexity index is 521. The summed E-state index contributed by atoms with van der Waals surface area (Å²) in [6.07, 6.45) is 1.56. The van der Waals surface area contributed by atoms with Crippen molar-refractivity contribution in [1.29, 1.82) is 0 Å². The molecule has 0 aliphatic carbocycles. The van der Waals surface area contributed by atoms with Gasteiger partial charge in [0.15, 0.2) is 0 Å². The van der Waals surface area contributed by atoms with Gasteiger partial charge in [0.1, 0.15) is 0 Å². The van der Waals surface area contributed by atoms with E-state index in [9.17, 15) is 9.59 Å². The number of primary amides is 1. The molecule has 2 amide bonds. The monoisotopic (exact) mass is 342 g/mol. The van der Waals surface area contributed by atoms with Crippen LogP contribution in [-0.4, -0.2) is 29.8 Å². The van der Waals surface area contributed by atoms with Gasteiger partial charge in [0.2, 0.25) is 5.91 Å². The Balaban J connectivity index is 2.19. The number of carbonyl (C=O) groups excluding carboxylic acids is 2. The van der Waals surface area contributed by atoms with Crippen molar-refractivity contribution in [2.45, 2.75) is 17.7 Å². The number of nitrogens with two attached hydrogens (primary N) is 1. The van der Waals surface area contributed by atoms with E-state index in [-0.39, 0.29) is 17.7 Å². The van der Waals surface area contributed by atoms with E-state index in [0.717, 1.165) is 22.2 Å². The van der Waals surface area contributed by atoms with Gasteiger partial charge in [-0.25, -0.2) is 0 Å². The molecule has 0 bridgehead atoms. The molecule has 19 heavy (non-hydrogen) atoms. The van der Waals surface area contributed by atoms with Crippen LogP contribution in [0.25, 0.3) is 0 Å². The second-order valence-corrected chi connectivity index (χ2v) is 6.03. The first kappa shape index (κ1) is 14.4. The van der Waals surface area contributed by atoms with Crippen molar-refractivity contribution in [3.63, 3.8) is 0 Å². The van der Waals surface area contributed by atoms with Crippen LogP contribution in [0.15, 0.2) is 27.6 Å². The molecule has 0 spiro atoms. The number of piperidine rings is 1. The summed E-state index contributed by atoms with van der Waals surface area (Å²) < 4.78 is 0.733. The van der Waals surface area contributed by atoms with Crippen molar-refractivity contribution < 1.29 is 9.59 Å². The van der Waals surface area contributed by atoms with E-state index < -0.39 is 0 Å². The lowest BCUT2D eigenvalue weighted by molar-refractivity contribution is -0.123. The molecule has 0 radical (unpaired) electrons. The van der Waals surface area contributed by atoms with E-state index in [0.29, 0.717) is 18.7 Å². The maximum absolute atomic E-state index is 12.5. The van der Waals surface area contributed by atoms with Gasteiger partial charge in [0, 0.05) is 22.5 Å². The predicted molar refractivity (Wildman–Crippen MR) is 79.2 cm³/mol. The fraction of sp³-hybridized carbons (Fsp3) is 0.385. The lowest BCUT2D eigenvalue weighted by Gasteiger charge is -2.31. The summed E-state index contributed by atoms with van der Waals surface area (Å²) in [5, 5.41) is 0. The van der Waals surface area contributed by atoms with Crippen LogP contribution < -0.4 is 5.73 Å². The van der Waals surface area contributed by atoms with Gasteiger partial charge in [-0.05, 0) is 47.0 Å². The van der Waals surface area contributed by atoms with Crippen LogP contribution in [0, 0.1) is 5.92 Å². The van der Waals surface area contributed by atoms with E-state index in [4.69, 9.17) is 5.73 Å². The summed E-state index contributed by atoms with van der Waals surface area (Å²) in [6.45, 7) is 1.06. The van der Waals surface area contributed by atoms with Gasteiger partial charge in [0.25, 0.3) is 5.91 Å². The molecule has 6 heteroatoms. The summed E-state index contributed by atoms with van der Waals surface area (Å²) >= 11 is 7.61. The molecule has 0 saturated carbocycles. The molecule has 1 unspecified atom stereocenters. The van der Waals surface area contributed by atoms with Gasteiger partial charge < -0.3 is 10.6 Å². The molecule has 4 nitrogen and oxygen atoms in total. The highest BCUT2D eigenvalue weighted by atomic mass is 79.9. The first-order valence-corrected chi connectivity index (χ1v) is 7.30. The van der Waals surface area contributed by atoms with Gasteiger partial charge in [-0.3, -0.25) is 9.59 Å². The fourth-order valence-electron chi connectivity index (χ4n) is 2.24. The molecular formula is C13H15BrN2O2S. The first-order valence-electron chi connectivity index (χ1n) is 6.06. The molecule has 2 rings (SSSR count). The number of nitrogens with zero attached hydrogens (tertiary/aromatic N) is 1. The number of carbonyl (C=O) groups is 2. The van der Waals surface area contributed by atoms with Gasteiger partial charge in [-0.2, -0.15) is 0 Å². The molecular weight excluding hydrogens is 328 g/mol. The Kier molecular flexibility index (Phi) is 4.52. The van der Waals surface area contributed by atoms with Gasteiger partial charge >= 0.3 is 0 Å². The number of benzene rings is 1. The SMILES string of the molecule is NC(=O)C1CCCN(C(=O)c2cc(S)ccc2Br)C1. The molecule has 1 atom stereocenters. The molecule has 1 aliphatic rings.